The smallest absolute Gasteiger partial charge is 0.174 e. The fourth-order valence-corrected chi connectivity index (χ4v) is 5.48. The van der Waals surface area contributed by atoms with Gasteiger partial charge >= 0.3 is 0 Å². The molecule has 2 aromatic heterocycles. The molecule has 1 N–H and O–H groups in total. The summed E-state index contributed by atoms with van der Waals surface area (Å²) in [6, 6.07) is 24.7. The summed E-state index contributed by atoms with van der Waals surface area (Å²) < 4.78 is 8.05. The van der Waals surface area contributed by atoms with Crippen LogP contribution in [0.15, 0.2) is 79.0 Å². The van der Waals surface area contributed by atoms with Crippen molar-refractivity contribution in [1.29, 1.82) is 0 Å². The number of ether oxygens (including phenoxy) is 1. The first kappa shape index (κ1) is 23.9. The number of hydrogen-bond acceptors (Lipinski definition) is 4. The second kappa shape index (κ2) is 9.66. The number of aromatic nitrogens is 2. The number of aryl methyl sites for hydroxylation is 1. The average Bonchev–Trinajstić information content (AvgIpc) is 3.39. The lowest BCUT2D eigenvalue weighted by Crippen LogP contribution is -2.30. The van der Waals surface area contributed by atoms with E-state index in [9.17, 15) is 0 Å². The van der Waals surface area contributed by atoms with Gasteiger partial charge in [0.2, 0.25) is 0 Å². The lowest BCUT2D eigenvalue weighted by atomic mass is 9.96. The van der Waals surface area contributed by atoms with Crippen LogP contribution in [0.3, 0.4) is 0 Å². The minimum atomic E-state index is -0.117. The van der Waals surface area contributed by atoms with Gasteiger partial charge in [-0.15, -0.1) is 0 Å². The Balaban J connectivity index is 1.67. The zero-order valence-corrected chi connectivity index (χ0v) is 22.1. The zero-order valence-electron chi connectivity index (χ0n) is 21.3. The van der Waals surface area contributed by atoms with E-state index in [1.165, 1.54) is 16.9 Å². The molecule has 2 atom stereocenters. The lowest BCUT2D eigenvalue weighted by molar-refractivity contribution is 0.414. The molecule has 0 saturated carbocycles. The number of rotatable bonds is 6. The molecule has 0 bridgehead atoms. The second-order valence-corrected chi connectivity index (χ2v) is 9.63. The molecule has 0 radical (unpaired) electrons. The Bertz CT molecular complexity index is 1380. The number of anilines is 2. The van der Waals surface area contributed by atoms with Gasteiger partial charge in [0.1, 0.15) is 5.75 Å². The first-order valence-corrected chi connectivity index (χ1v) is 12.4. The zero-order chi connectivity index (χ0) is 25.4. The number of nitrogens with zero attached hydrogens (tertiary/aromatic N) is 4. The van der Waals surface area contributed by atoms with Crippen molar-refractivity contribution >= 4 is 28.7 Å². The SMILES string of the molecule is COc1ccccc1N1C(=S)N[C@@H](c2ccccn2)[C@@H]1c1cc(C)n(-c2ccc(N(C)C)cc2)c1C. The van der Waals surface area contributed by atoms with Crippen molar-refractivity contribution in [2.45, 2.75) is 25.9 Å². The summed E-state index contributed by atoms with van der Waals surface area (Å²) in [7, 11) is 5.80. The van der Waals surface area contributed by atoms with Gasteiger partial charge in [-0.1, -0.05) is 18.2 Å². The van der Waals surface area contributed by atoms with Gasteiger partial charge in [-0.3, -0.25) is 4.98 Å². The van der Waals surface area contributed by atoms with Crippen molar-refractivity contribution in [1.82, 2.24) is 14.9 Å². The Labute approximate surface area is 218 Å². The molecular formula is C29H31N5OS. The molecule has 0 aliphatic carbocycles. The molecule has 6 nitrogen and oxygen atoms in total. The van der Waals surface area contributed by atoms with Crippen molar-refractivity contribution in [3.05, 3.63) is 102 Å². The Hall–Kier alpha value is -3.84. The number of nitrogens with one attached hydrogen (secondary N) is 1. The highest BCUT2D eigenvalue weighted by Gasteiger charge is 2.43. The third kappa shape index (κ3) is 4.09. The summed E-state index contributed by atoms with van der Waals surface area (Å²) in [5.74, 6) is 0.779. The lowest BCUT2D eigenvalue weighted by Gasteiger charge is -2.29. The summed E-state index contributed by atoms with van der Waals surface area (Å²) >= 11 is 5.92. The summed E-state index contributed by atoms with van der Waals surface area (Å²) in [6.07, 6.45) is 1.83. The second-order valence-electron chi connectivity index (χ2n) is 9.24. The maximum atomic E-state index is 5.92. The standard InChI is InChI=1S/C29H31N5OS/c1-19-18-23(20(2)33(19)22-15-13-21(14-16-22)32(3)4)28-27(24-10-8-9-17-30-24)31-29(36)34(28)25-11-6-7-12-26(25)35-5/h6-18,27-28H,1-5H3,(H,31,36)/t27-,28-/m0/s1. The number of thiocarbonyl (C=S) groups is 1. The highest BCUT2D eigenvalue weighted by Crippen LogP contribution is 2.46. The van der Waals surface area contributed by atoms with Gasteiger partial charge in [0.25, 0.3) is 0 Å². The molecule has 0 unspecified atom stereocenters. The Morgan fingerprint density at radius 2 is 1.69 bits per heavy atom. The molecule has 0 spiro atoms. The van der Waals surface area contributed by atoms with E-state index in [1.54, 1.807) is 7.11 Å². The predicted octanol–water partition coefficient (Wildman–Crippen LogP) is 5.74. The molecule has 1 fully saturated rings. The van der Waals surface area contributed by atoms with Crippen LogP contribution in [0.25, 0.3) is 5.69 Å². The topological polar surface area (TPSA) is 45.6 Å². The fourth-order valence-electron chi connectivity index (χ4n) is 5.14. The van der Waals surface area contributed by atoms with Crippen LogP contribution in [0.1, 0.15) is 34.7 Å². The largest absolute Gasteiger partial charge is 0.495 e. The molecule has 1 saturated heterocycles. The number of hydrogen-bond donors (Lipinski definition) is 1. The van der Waals surface area contributed by atoms with Crippen LogP contribution in [-0.4, -0.2) is 35.9 Å². The Morgan fingerprint density at radius 1 is 0.972 bits per heavy atom. The summed E-state index contributed by atoms with van der Waals surface area (Å²) in [5, 5.41) is 4.21. The predicted molar refractivity (Wildman–Crippen MR) is 150 cm³/mol. The number of pyridine rings is 1. The minimum absolute atomic E-state index is 0.107. The van der Waals surface area contributed by atoms with Crippen molar-refractivity contribution in [2.24, 2.45) is 0 Å². The van der Waals surface area contributed by atoms with Gasteiger partial charge in [-0.2, -0.15) is 0 Å². The van der Waals surface area contributed by atoms with Gasteiger partial charge in [0, 0.05) is 43.1 Å². The van der Waals surface area contributed by atoms with E-state index in [4.69, 9.17) is 21.9 Å². The number of para-hydroxylation sites is 2. The van der Waals surface area contributed by atoms with E-state index in [1.807, 2.05) is 36.5 Å². The van der Waals surface area contributed by atoms with Crippen molar-refractivity contribution < 1.29 is 4.74 Å². The van der Waals surface area contributed by atoms with Crippen molar-refractivity contribution in [2.75, 3.05) is 31.0 Å². The van der Waals surface area contributed by atoms with Crippen LogP contribution in [0.5, 0.6) is 5.75 Å². The van der Waals surface area contributed by atoms with Crippen LogP contribution in [0, 0.1) is 13.8 Å². The van der Waals surface area contributed by atoms with E-state index in [-0.39, 0.29) is 12.1 Å². The average molecular weight is 498 g/mol. The van der Waals surface area contributed by atoms with Crippen LogP contribution in [0.4, 0.5) is 11.4 Å². The van der Waals surface area contributed by atoms with Gasteiger partial charge < -0.3 is 24.4 Å². The van der Waals surface area contributed by atoms with Gasteiger partial charge in [-0.05, 0) is 86.2 Å². The monoisotopic (exact) mass is 497 g/mol. The quantitative estimate of drug-likeness (QED) is 0.343. The minimum Gasteiger partial charge on any atom is -0.495 e. The Morgan fingerprint density at radius 3 is 2.36 bits per heavy atom. The molecule has 1 aliphatic heterocycles. The summed E-state index contributed by atoms with van der Waals surface area (Å²) in [6.45, 7) is 4.33. The normalized spacial score (nSPS) is 17.2. The molecule has 5 rings (SSSR count). The van der Waals surface area contributed by atoms with Crippen molar-refractivity contribution in [3.63, 3.8) is 0 Å². The van der Waals surface area contributed by atoms with Crippen molar-refractivity contribution in [3.8, 4) is 11.4 Å². The van der Waals surface area contributed by atoms with Crippen LogP contribution in [-0.2, 0) is 0 Å². The molecule has 184 valence electrons. The Kier molecular flexibility index (Phi) is 6.41. The van der Waals surface area contributed by atoms with Crippen LogP contribution < -0.4 is 19.9 Å². The third-order valence-electron chi connectivity index (χ3n) is 6.86. The van der Waals surface area contributed by atoms with E-state index in [0.717, 1.165) is 28.5 Å². The van der Waals surface area contributed by atoms with Gasteiger partial charge in [0.15, 0.2) is 5.11 Å². The fraction of sp³-hybridized carbons (Fsp3) is 0.241. The first-order valence-electron chi connectivity index (χ1n) is 12.0. The third-order valence-corrected chi connectivity index (χ3v) is 7.17. The molecule has 3 heterocycles. The first-order chi connectivity index (χ1) is 17.4. The van der Waals surface area contributed by atoms with Gasteiger partial charge in [-0.25, -0.2) is 0 Å². The molecule has 36 heavy (non-hydrogen) atoms. The maximum absolute atomic E-state index is 5.92. The molecule has 0 amide bonds. The molecular weight excluding hydrogens is 466 g/mol. The highest BCUT2D eigenvalue weighted by atomic mass is 32.1. The van der Waals surface area contributed by atoms with E-state index >= 15 is 0 Å². The van der Waals surface area contributed by atoms with E-state index in [2.05, 4.69) is 90.1 Å². The summed E-state index contributed by atoms with van der Waals surface area (Å²) in [4.78, 5) is 8.98. The van der Waals surface area contributed by atoms with Gasteiger partial charge in [0.05, 0.1) is 30.6 Å². The van der Waals surface area contributed by atoms with E-state index < -0.39 is 0 Å². The molecule has 1 aliphatic rings. The molecule has 7 heteroatoms. The highest BCUT2D eigenvalue weighted by molar-refractivity contribution is 7.80. The molecule has 4 aromatic rings. The molecule has 2 aromatic carbocycles. The summed E-state index contributed by atoms with van der Waals surface area (Å²) in [5.41, 5.74) is 7.71. The van der Waals surface area contributed by atoms with Crippen LogP contribution >= 0.6 is 12.2 Å². The van der Waals surface area contributed by atoms with E-state index in [0.29, 0.717) is 5.11 Å². The maximum Gasteiger partial charge on any atom is 0.174 e. The van der Waals surface area contributed by atoms with Crippen LogP contribution in [0.2, 0.25) is 0 Å². The number of methoxy groups -OCH3 is 1. The number of benzene rings is 2.